The van der Waals surface area contributed by atoms with Gasteiger partial charge < -0.3 is 9.88 Å². The number of aryl methyl sites for hydroxylation is 1. The second kappa shape index (κ2) is 6.95. The molecule has 20 heavy (non-hydrogen) atoms. The number of nitrogens with one attached hydrogen (secondary N) is 1. The van der Waals surface area contributed by atoms with E-state index in [0.717, 1.165) is 23.3 Å². The van der Waals surface area contributed by atoms with Crippen molar-refractivity contribution in [1.82, 2.24) is 14.9 Å². The molecule has 0 aliphatic heterocycles. The Balaban J connectivity index is 2.20. The molecule has 1 aromatic carbocycles. The summed E-state index contributed by atoms with van der Waals surface area (Å²) in [6.07, 6.45) is 1.34. The predicted molar refractivity (Wildman–Crippen MR) is 82.2 cm³/mol. The number of imidazole rings is 1. The van der Waals surface area contributed by atoms with Gasteiger partial charge in [0.25, 0.3) is 0 Å². The smallest absolute Gasteiger partial charge is 0.221 e. The molecule has 4 nitrogen and oxygen atoms in total. The highest BCUT2D eigenvalue weighted by Crippen LogP contribution is 2.24. The van der Waals surface area contributed by atoms with Crippen molar-refractivity contribution in [3.63, 3.8) is 0 Å². The van der Waals surface area contributed by atoms with Crippen LogP contribution in [-0.4, -0.2) is 22.0 Å². The second-order valence-corrected chi connectivity index (χ2v) is 5.20. The molecule has 6 heteroatoms. The highest BCUT2D eigenvalue weighted by molar-refractivity contribution is 6.35. The summed E-state index contributed by atoms with van der Waals surface area (Å²) >= 11 is 12.1. The molecule has 0 radical (unpaired) electrons. The van der Waals surface area contributed by atoms with Crippen LogP contribution in [-0.2, 0) is 17.2 Å². The van der Waals surface area contributed by atoms with Crippen LogP contribution >= 0.6 is 23.2 Å². The lowest BCUT2D eigenvalue weighted by Gasteiger charge is -2.08. The lowest BCUT2D eigenvalue weighted by molar-refractivity contribution is -0.121. The molecule has 1 amide bonds. The first kappa shape index (κ1) is 15.1. The maximum absolute atomic E-state index is 11.7. The monoisotopic (exact) mass is 313 g/mol. The van der Waals surface area contributed by atoms with Gasteiger partial charge in [0.05, 0.1) is 16.4 Å². The van der Waals surface area contributed by atoms with E-state index in [-0.39, 0.29) is 5.91 Å². The first-order valence-corrected chi connectivity index (χ1v) is 7.55. The number of amides is 1. The van der Waals surface area contributed by atoms with E-state index < -0.39 is 0 Å². The van der Waals surface area contributed by atoms with Gasteiger partial charge in [0, 0.05) is 19.5 Å². The number of hydrogen-bond acceptors (Lipinski definition) is 2. The van der Waals surface area contributed by atoms with Crippen LogP contribution < -0.4 is 5.32 Å². The summed E-state index contributed by atoms with van der Waals surface area (Å²) in [6.45, 7) is 3.28. The van der Waals surface area contributed by atoms with Gasteiger partial charge in [-0.1, -0.05) is 24.6 Å². The van der Waals surface area contributed by atoms with Crippen molar-refractivity contribution >= 4 is 40.1 Å². The van der Waals surface area contributed by atoms with Crippen molar-refractivity contribution in [1.29, 1.82) is 0 Å². The molecule has 0 aliphatic rings. The Morgan fingerprint density at radius 2 is 2.25 bits per heavy atom. The van der Waals surface area contributed by atoms with Gasteiger partial charge in [0.2, 0.25) is 5.91 Å². The van der Waals surface area contributed by atoms with Crippen LogP contribution in [0, 0.1) is 0 Å². The summed E-state index contributed by atoms with van der Waals surface area (Å²) in [5.41, 5.74) is 1.65. The molecule has 2 rings (SSSR count). The molecule has 0 bridgehead atoms. The molecule has 108 valence electrons. The van der Waals surface area contributed by atoms with Gasteiger partial charge in [-0.2, -0.15) is 0 Å². The number of carbonyl (C=O) groups is 1. The fourth-order valence-corrected chi connectivity index (χ4v) is 2.49. The molecule has 0 atom stereocenters. The third kappa shape index (κ3) is 3.25. The zero-order valence-electron chi connectivity index (χ0n) is 11.3. The number of carbonyl (C=O) groups excluding carboxylic acids is 1. The van der Waals surface area contributed by atoms with Crippen LogP contribution in [0.25, 0.3) is 11.0 Å². The molecule has 0 saturated heterocycles. The van der Waals surface area contributed by atoms with Gasteiger partial charge in [-0.05, 0) is 18.6 Å². The van der Waals surface area contributed by atoms with E-state index in [9.17, 15) is 4.79 Å². The summed E-state index contributed by atoms with van der Waals surface area (Å²) in [5, 5.41) is 3.46. The minimum atomic E-state index is 0.0382. The standard InChI is InChI=1S/C14H17Cl2N3O/c1-2-7-17-13(20)6-8-19-11-5-3-4-10(16)14(11)18-12(19)9-15/h3-5H,2,6-9H2,1H3,(H,17,20). The Bertz CT molecular complexity index is 610. The third-order valence-corrected chi connectivity index (χ3v) is 3.61. The molecule has 0 saturated carbocycles. The molecule has 1 aromatic heterocycles. The molecule has 1 heterocycles. The SMILES string of the molecule is CCCNC(=O)CCn1c(CCl)nc2c(Cl)cccc21. The highest BCUT2D eigenvalue weighted by Gasteiger charge is 2.13. The molecular weight excluding hydrogens is 297 g/mol. The van der Waals surface area contributed by atoms with Crippen LogP contribution in [0.4, 0.5) is 0 Å². The van der Waals surface area contributed by atoms with Crippen LogP contribution in [0.3, 0.4) is 0 Å². The predicted octanol–water partition coefficient (Wildman–Crippen LogP) is 3.34. The van der Waals surface area contributed by atoms with Crippen molar-refractivity contribution in [2.75, 3.05) is 6.54 Å². The molecule has 2 aromatic rings. The number of nitrogens with zero attached hydrogens (tertiary/aromatic N) is 2. The molecule has 0 unspecified atom stereocenters. The summed E-state index contributed by atoms with van der Waals surface area (Å²) in [7, 11) is 0. The van der Waals surface area contributed by atoms with Crippen LogP contribution in [0.1, 0.15) is 25.6 Å². The first-order valence-electron chi connectivity index (χ1n) is 6.63. The summed E-state index contributed by atoms with van der Waals surface area (Å²) in [4.78, 5) is 16.1. The maximum Gasteiger partial charge on any atom is 0.221 e. The average Bonchev–Trinajstić information content (AvgIpc) is 2.82. The van der Waals surface area contributed by atoms with Gasteiger partial charge in [-0.25, -0.2) is 4.98 Å². The fourth-order valence-electron chi connectivity index (χ4n) is 2.08. The van der Waals surface area contributed by atoms with Crippen molar-refractivity contribution in [3.05, 3.63) is 29.0 Å². The zero-order valence-corrected chi connectivity index (χ0v) is 12.8. The number of alkyl halides is 1. The van der Waals surface area contributed by atoms with Crippen LogP contribution in [0.2, 0.25) is 5.02 Å². The van der Waals surface area contributed by atoms with Crippen molar-refractivity contribution in [2.45, 2.75) is 32.2 Å². The molecule has 0 spiro atoms. The fraction of sp³-hybridized carbons (Fsp3) is 0.429. The van der Waals surface area contributed by atoms with Crippen molar-refractivity contribution in [2.24, 2.45) is 0 Å². The number of benzene rings is 1. The van der Waals surface area contributed by atoms with Gasteiger partial charge in [0.15, 0.2) is 0 Å². The normalized spacial score (nSPS) is 10.9. The van der Waals surface area contributed by atoms with Crippen LogP contribution in [0.5, 0.6) is 0 Å². The lowest BCUT2D eigenvalue weighted by Crippen LogP contribution is -2.25. The minimum absolute atomic E-state index is 0.0382. The number of aromatic nitrogens is 2. The van der Waals surface area contributed by atoms with E-state index >= 15 is 0 Å². The highest BCUT2D eigenvalue weighted by atomic mass is 35.5. The number of para-hydroxylation sites is 1. The van der Waals surface area contributed by atoms with Crippen molar-refractivity contribution < 1.29 is 4.79 Å². The number of hydrogen-bond donors (Lipinski definition) is 1. The minimum Gasteiger partial charge on any atom is -0.356 e. The van der Waals surface area contributed by atoms with E-state index in [0.29, 0.717) is 30.4 Å². The summed E-state index contributed by atoms with van der Waals surface area (Å²) in [6, 6.07) is 5.61. The van der Waals surface area contributed by atoms with E-state index in [1.54, 1.807) is 6.07 Å². The summed E-state index contributed by atoms with van der Waals surface area (Å²) in [5.74, 6) is 1.07. The van der Waals surface area contributed by atoms with Crippen molar-refractivity contribution in [3.8, 4) is 0 Å². The van der Waals surface area contributed by atoms with E-state index in [2.05, 4.69) is 10.3 Å². The Hall–Kier alpha value is -1.26. The Morgan fingerprint density at radius 1 is 1.45 bits per heavy atom. The zero-order chi connectivity index (χ0) is 14.5. The van der Waals surface area contributed by atoms with Gasteiger partial charge in [-0.3, -0.25) is 4.79 Å². The Morgan fingerprint density at radius 3 is 2.95 bits per heavy atom. The van der Waals surface area contributed by atoms with Crippen LogP contribution in [0.15, 0.2) is 18.2 Å². The lowest BCUT2D eigenvalue weighted by atomic mass is 10.3. The molecule has 0 aliphatic carbocycles. The van der Waals surface area contributed by atoms with Gasteiger partial charge in [-0.15, -0.1) is 11.6 Å². The van der Waals surface area contributed by atoms with Gasteiger partial charge >= 0.3 is 0 Å². The molecule has 1 N–H and O–H groups in total. The van der Waals surface area contributed by atoms with E-state index in [4.69, 9.17) is 23.2 Å². The largest absolute Gasteiger partial charge is 0.356 e. The van der Waals surface area contributed by atoms with E-state index in [1.165, 1.54) is 0 Å². The number of halogens is 2. The number of rotatable bonds is 6. The Kier molecular flexibility index (Phi) is 5.26. The molecular formula is C14H17Cl2N3O. The topological polar surface area (TPSA) is 46.9 Å². The van der Waals surface area contributed by atoms with E-state index in [1.807, 2.05) is 23.6 Å². The average molecular weight is 314 g/mol. The quantitative estimate of drug-likeness (QED) is 0.831. The third-order valence-electron chi connectivity index (χ3n) is 3.06. The molecule has 0 fully saturated rings. The Labute approximate surface area is 128 Å². The maximum atomic E-state index is 11.7. The first-order chi connectivity index (χ1) is 9.67. The number of fused-ring (bicyclic) bond motifs is 1. The second-order valence-electron chi connectivity index (χ2n) is 4.52. The summed E-state index contributed by atoms with van der Waals surface area (Å²) < 4.78 is 1.96. The van der Waals surface area contributed by atoms with Gasteiger partial charge in [0.1, 0.15) is 11.3 Å².